The van der Waals surface area contributed by atoms with E-state index in [1.54, 1.807) is 36.5 Å². The average molecular weight is 468 g/mol. The summed E-state index contributed by atoms with van der Waals surface area (Å²) in [6, 6.07) is 19.6. The molecule has 32 heavy (non-hydrogen) atoms. The van der Waals surface area contributed by atoms with Crippen LogP contribution in [0.25, 0.3) is 11.3 Å². The molecule has 0 unspecified atom stereocenters. The van der Waals surface area contributed by atoms with Crippen LogP contribution < -0.4 is 20.1 Å². The molecule has 0 saturated carbocycles. The highest BCUT2D eigenvalue weighted by Crippen LogP contribution is 2.41. The van der Waals surface area contributed by atoms with Gasteiger partial charge in [-0.1, -0.05) is 53.8 Å². The lowest BCUT2D eigenvalue weighted by Crippen LogP contribution is -2.14. The molecule has 0 amide bonds. The molecule has 0 bridgehead atoms. The molecule has 8 nitrogen and oxygen atoms in total. The van der Waals surface area contributed by atoms with Gasteiger partial charge in [-0.3, -0.25) is 0 Å². The molecule has 164 valence electrons. The largest absolute Gasteiger partial charge is 0.444 e. The molecule has 0 fully saturated rings. The zero-order valence-corrected chi connectivity index (χ0v) is 19.0. The summed E-state index contributed by atoms with van der Waals surface area (Å²) in [6.45, 7) is 0. The third-order valence-corrected chi connectivity index (χ3v) is 6.48. The van der Waals surface area contributed by atoms with Crippen molar-refractivity contribution in [1.82, 2.24) is 9.97 Å². The number of pyridine rings is 1. The molecule has 0 radical (unpaired) electrons. The molecule has 2 heterocycles. The summed E-state index contributed by atoms with van der Waals surface area (Å²) in [5.41, 5.74) is 2.02. The topological polar surface area (TPSA) is 110 Å². The number of rotatable bonds is 7. The number of benzene rings is 2. The quantitative estimate of drug-likeness (QED) is 0.413. The second kappa shape index (κ2) is 8.95. The molecule has 4 rings (SSSR count). The van der Waals surface area contributed by atoms with E-state index in [-0.39, 0.29) is 4.90 Å². The Kier molecular flexibility index (Phi) is 6.08. The summed E-state index contributed by atoms with van der Waals surface area (Å²) in [5, 5.41) is 9.78. The third kappa shape index (κ3) is 4.88. The molecule has 0 atom stereocenters. The Balaban J connectivity index is 1.65. The monoisotopic (exact) mass is 467 g/mol. The minimum Gasteiger partial charge on any atom is -0.444 e. The highest BCUT2D eigenvalue weighted by atomic mass is 32.2. The van der Waals surface area contributed by atoms with Crippen molar-refractivity contribution in [3.63, 3.8) is 0 Å². The van der Waals surface area contributed by atoms with Gasteiger partial charge in [-0.15, -0.1) is 0 Å². The minimum atomic E-state index is -3.89. The Hall–Kier alpha value is -3.47. The molecule has 3 N–H and O–H groups in total. The zero-order valence-electron chi connectivity index (χ0n) is 17.4. The lowest BCUT2D eigenvalue weighted by atomic mass is 10.2. The Morgan fingerprint density at radius 2 is 1.75 bits per heavy atom. The van der Waals surface area contributed by atoms with Crippen LogP contribution >= 0.6 is 11.3 Å². The number of para-hydroxylation sites is 1. The zero-order chi connectivity index (χ0) is 22.7. The summed E-state index contributed by atoms with van der Waals surface area (Å²) in [4.78, 5) is 10.9. The average Bonchev–Trinajstić information content (AvgIpc) is 3.18. The minimum absolute atomic E-state index is 0.0161. The van der Waals surface area contributed by atoms with E-state index in [0.717, 1.165) is 16.4 Å². The fourth-order valence-electron chi connectivity index (χ4n) is 2.94. The second-order valence-corrected chi connectivity index (χ2v) is 9.51. The van der Waals surface area contributed by atoms with E-state index in [1.807, 2.05) is 49.3 Å². The molecular formula is C22H21N5O3S2. The van der Waals surface area contributed by atoms with E-state index < -0.39 is 10.0 Å². The summed E-state index contributed by atoms with van der Waals surface area (Å²) in [5.74, 6) is 0.943. The van der Waals surface area contributed by atoms with Crippen LogP contribution in [0.2, 0.25) is 0 Å². The van der Waals surface area contributed by atoms with Gasteiger partial charge in [0.2, 0.25) is 15.1 Å². The standard InChI is InChI=1S/C22H21N5O3S2/c1-27(2)22-26-20(15-8-4-3-5-9-15)21(31-22)30-16-12-13-24-19(14-16)25-17-10-6-7-11-18(17)32(23,28)29/h3-14H,1-2H3,(H,24,25)(H2,23,28,29). The first kappa shape index (κ1) is 21.8. The van der Waals surface area contributed by atoms with Crippen LogP contribution in [0, 0.1) is 0 Å². The molecule has 4 aromatic rings. The second-order valence-electron chi connectivity index (χ2n) is 7.04. The number of thiazole rings is 1. The van der Waals surface area contributed by atoms with Crippen molar-refractivity contribution in [1.29, 1.82) is 0 Å². The SMILES string of the molecule is CN(C)c1nc(-c2ccccc2)c(Oc2ccnc(Nc3ccccc3S(N)(=O)=O)c2)s1. The number of sulfonamides is 1. The van der Waals surface area contributed by atoms with Crippen LogP contribution in [0.1, 0.15) is 0 Å². The smallest absolute Gasteiger partial charge is 0.240 e. The van der Waals surface area contributed by atoms with Gasteiger partial charge >= 0.3 is 0 Å². The van der Waals surface area contributed by atoms with E-state index in [1.165, 1.54) is 17.4 Å². The Morgan fingerprint density at radius 3 is 2.47 bits per heavy atom. The van der Waals surface area contributed by atoms with Gasteiger partial charge in [-0.05, 0) is 18.2 Å². The van der Waals surface area contributed by atoms with Crippen molar-refractivity contribution in [3.8, 4) is 22.1 Å². The van der Waals surface area contributed by atoms with Gasteiger partial charge < -0.3 is 15.0 Å². The number of hydrogen-bond acceptors (Lipinski definition) is 8. The van der Waals surface area contributed by atoms with E-state index in [0.29, 0.717) is 22.3 Å². The fraction of sp³-hybridized carbons (Fsp3) is 0.0909. The van der Waals surface area contributed by atoms with Crippen molar-refractivity contribution < 1.29 is 13.2 Å². The Labute approximate surface area is 190 Å². The van der Waals surface area contributed by atoms with Gasteiger partial charge in [0.1, 0.15) is 22.2 Å². The van der Waals surface area contributed by atoms with Crippen molar-refractivity contribution >= 4 is 38.0 Å². The van der Waals surface area contributed by atoms with Crippen molar-refractivity contribution in [2.24, 2.45) is 5.14 Å². The van der Waals surface area contributed by atoms with Gasteiger partial charge in [0.25, 0.3) is 0 Å². The van der Waals surface area contributed by atoms with E-state index in [4.69, 9.17) is 14.9 Å². The summed E-state index contributed by atoms with van der Waals surface area (Å²) < 4.78 is 29.9. The summed E-state index contributed by atoms with van der Waals surface area (Å²) >= 11 is 1.43. The van der Waals surface area contributed by atoms with Crippen LogP contribution in [0.5, 0.6) is 10.8 Å². The van der Waals surface area contributed by atoms with Crippen LogP contribution in [0.3, 0.4) is 0 Å². The van der Waals surface area contributed by atoms with Gasteiger partial charge in [0.05, 0.1) is 5.69 Å². The number of nitrogens with zero attached hydrogens (tertiary/aromatic N) is 3. The maximum absolute atomic E-state index is 11.9. The molecule has 0 spiro atoms. The van der Waals surface area contributed by atoms with Crippen LogP contribution in [-0.4, -0.2) is 32.5 Å². The number of hydrogen-bond donors (Lipinski definition) is 2. The van der Waals surface area contributed by atoms with Crippen molar-refractivity contribution in [3.05, 3.63) is 72.9 Å². The number of nitrogens with one attached hydrogen (secondary N) is 1. The van der Waals surface area contributed by atoms with E-state index in [9.17, 15) is 8.42 Å². The van der Waals surface area contributed by atoms with Gasteiger partial charge in [-0.25, -0.2) is 23.5 Å². The molecule has 0 saturated heterocycles. The number of anilines is 3. The van der Waals surface area contributed by atoms with E-state index in [2.05, 4.69) is 10.3 Å². The first-order chi connectivity index (χ1) is 15.3. The van der Waals surface area contributed by atoms with Crippen molar-refractivity contribution in [2.75, 3.05) is 24.3 Å². The van der Waals surface area contributed by atoms with Crippen LogP contribution in [-0.2, 0) is 10.0 Å². The lowest BCUT2D eigenvalue weighted by Gasteiger charge is -2.11. The normalized spacial score (nSPS) is 11.2. The predicted molar refractivity (Wildman–Crippen MR) is 127 cm³/mol. The summed E-state index contributed by atoms with van der Waals surface area (Å²) in [7, 11) is -0.0359. The van der Waals surface area contributed by atoms with Crippen molar-refractivity contribution in [2.45, 2.75) is 4.90 Å². The maximum Gasteiger partial charge on any atom is 0.240 e. The van der Waals surface area contributed by atoms with Gasteiger partial charge in [0.15, 0.2) is 5.13 Å². The molecule has 2 aromatic heterocycles. The lowest BCUT2D eigenvalue weighted by molar-refractivity contribution is 0.496. The number of nitrogens with two attached hydrogens (primary N) is 1. The maximum atomic E-state index is 11.9. The molecular weight excluding hydrogens is 446 g/mol. The van der Waals surface area contributed by atoms with Gasteiger partial charge in [0, 0.05) is 31.9 Å². The number of primary sulfonamides is 1. The fourth-order valence-corrected chi connectivity index (χ4v) is 4.52. The number of aromatic nitrogens is 2. The Morgan fingerprint density at radius 1 is 1.03 bits per heavy atom. The van der Waals surface area contributed by atoms with Gasteiger partial charge in [-0.2, -0.15) is 0 Å². The van der Waals surface area contributed by atoms with E-state index >= 15 is 0 Å². The molecule has 0 aliphatic carbocycles. The first-order valence-electron chi connectivity index (χ1n) is 9.57. The molecule has 10 heteroatoms. The predicted octanol–water partition coefficient (Wildman–Crippen LogP) is 4.45. The molecule has 0 aliphatic heterocycles. The number of ether oxygens (including phenoxy) is 1. The van der Waals surface area contributed by atoms with Crippen LogP contribution in [0.4, 0.5) is 16.6 Å². The first-order valence-corrected chi connectivity index (χ1v) is 11.9. The highest BCUT2D eigenvalue weighted by molar-refractivity contribution is 7.89. The highest BCUT2D eigenvalue weighted by Gasteiger charge is 2.17. The summed E-state index contributed by atoms with van der Waals surface area (Å²) in [6.07, 6.45) is 1.58. The molecule has 0 aliphatic rings. The Bertz CT molecular complexity index is 1340. The third-order valence-electron chi connectivity index (χ3n) is 4.41. The molecule has 2 aromatic carbocycles. The van der Waals surface area contributed by atoms with Crippen LogP contribution in [0.15, 0.2) is 77.8 Å².